The molecule has 7 nitrogen and oxygen atoms in total. The molecule has 1 heterocycles. The van der Waals surface area contributed by atoms with E-state index in [0.29, 0.717) is 5.95 Å². The summed E-state index contributed by atoms with van der Waals surface area (Å²) in [6, 6.07) is 5.23. The lowest BCUT2D eigenvalue weighted by Gasteiger charge is -2.14. The maximum absolute atomic E-state index is 12.4. The predicted octanol–water partition coefficient (Wildman–Crippen LogP) is 2.03. The number of aromatic nitrogens is 3. The third-order valence-electron chi connectivity index (χ3n) is 2.82. The van der Waals surface area contributed by atoms with Crippen LogP contribution in [0.2, 0.25) is 0 Å². The minimum atomic E-state index is -4.86. The van der Waals surface area contributed by atoms with E-state index in [1.54, 1.807) is 26.0 Å². The van der Waals surface area contributed by atoms with Crippen molar-refractivity contribution in [1.82, 2.24) is 14.8 Å². The van der Waals surface area contributed by atoms with Gasteiger partial charge in [-0.3, -0.25) is 9.36 Å². The number of carbonyl (C=O) groups excluding carboxylic acids is 1. The number of para-hydroxylation sites is 2. The zero-order chi connectivity index (χ0) is 17.2. The zero-order valence-electron chi connectivity index (χ0n) is 12.5. The van der Waals surface area contributed by atoms with Gasteiger partial charge in [-0.15, -0.1) is 23.4 Å². The number of rotatable bonds is 4. The summed E-state index contributed by atoms with van der Waals surface area (Å²) in [6.45, 7) is 0. The maximum Gasteiger partial charge on any atom is 0.573 e. The van der Waals surface area contributed by atoms with E-state index in [9.17, 15) is 18.0 Å². The maximum atomic E-state index is 12.4. The first kappa shape index (κ1) is 16.6. The van der Waals surface area contributed by atoms with E-state index in [4.69, 9.17) is 0 Å². The van der Waals surface area contributed by atoms with Crippen LogP contribution in [0.3, 0.4) is 0 Å². The second-order valence-corrected chi connectivity index (χ2v) is 4.78. The molecule has 10 heteroatoms. The molecule has 0 saturated heterocycles. The van der Waals surface area contributed by atoms with E-state index in [2.05, 4.69) is 20.3 Å². The number of hydrogen-bond donors (Lipinski definition) is 1. The highest BCUT2D eigenvalue weighted by molar-refractivity contribution is 6.02. The Kier molecular flexibility index (Phi) is 4.43. The van der Waals surface area contributed by atoms with E-state index in [1.807, 2.05) is 0 Å². The minimum Gasteiger partial charge on any atom is -0.404 e. The normalized spacial score (nSPS) is 11.2. The first-order valence-corrected chi connectivity index (χ1v) is 6.42. The fourth-order valence-corrected chi connectivity index (χ4v) is 1.87. The summed E-state index contributed by atoms with van der Waals surface area (Å²) in [7, 11) is 5.01. The number of alkyl halides is 3. The van der Waals surface area contributed by atoms with Crippen LogP contribution in [0.1, 0.15) is 10.6 Å². The molecule has 0 atom stereocenters. The van der Waals surface area contributed by atoms with Gasteiger partial charge < -0.3 is 15.0 Å². The smallest absolute Gasteiger partial charge is 0.404 e. The highest BCUT2D eigenvalue weighted by Crippen LogP contribution is 2.30. The summed E-state index contributed by atoms with van der Waals surface area (Å²) in [5, 5.41) is 9.90. The van der Waals surface area contributed by atoms with E-state index < -0.39 is 18.0 Å². The molecule has 0 unspecified atom stereocenters. The molecule has 0 fully saturated rings. The van der Waals surface area contributed by atoms with Gasteiger partial charge in [-0.25, -0.2) is 0 Å². The Balaban J connectivity index is 2.24. The van der Waals surface area contributed by atoms with Gasteiger partial charge in [-0.2, -0.15) is 0 Å². The van der Waals surface area contributed by atoms with Crippen molar-refractivity contribution < 1.29 is 22.7 Å². The highest BCUT2D eigenvalue weighted by atomic mass is 19.4. The van der Waals surface area contributed by atoms with Crippen molar-refractivity contribution in [3.8, 4) is 5.75 Å². The van der Waals surface area contributed by atoms with Crippen LogP contribution in [-0.2, 0) is 7.05 Å². The van der Waals surface area contributed by atoms with Crippen molar-refractivity contribution in [3.63, 3.8) is 0 Å². The molecule has 0 aliphatic rings. The molecule has 1 amide bonds. The van der Waals surface area contributed by atoms with Crippen molar-refractivity contribution in [2.75, 3.05) is 24.3 Å². The van der Waals surface area contributed by atoms with Gasteiger partial charge in [0, 0.05) is 21.1 Å². The molecule has 0 aliphatic carbocycles. The number of hydrogen-bond acceptors (Lipinski definition) is 5. The van der Waals surface area contributed by atoms with Crippen LogP contribution in [-0.4, -0.2) is 41.1 Å². The van der Waals surface area contributed by atoms with Crippen molar-refractivity contribution in [3.05, 3.63) is 30.1 Å². The van der Waals surface area contributed by atoms with Crippen molar-refractivity contribution in [2.45, 2.75) is 6.36 Å². The summed E-state index contributed by atoms with van der Waals surface area (Å²) in [5.41, 5.74) is -0.121. The standard InChI is InChI=1S/C13H14F3N5O2/c1-20(2)12-19-18-10(21(12)3)11(22)17-8-6-4-5-7-9(8)23-13(14,15)16/h4-7H,1-3H3,(H,17,22). The molecule has 2 aromatic rings. The third-order valence-corrected chi connectivity index (χ3v) is 2.82. The molecule has 0 spiro atoms. The molecule has 1 aromatic carbocycles. The van der Waals surface area contributed by atoms with E-state index in [0.717, 1.165) is 6.07 Å². The van der Waals surface area contributed by atoms with E-state index in [1.165, 1.54) is 22.8 Å². The first-order chi connectivity index (χ1) is 10.7. The van der Waals surface area contributed by atoms with E-state index in [-0.39, 0.29) is 11.5 Å². The van der Waals surface area contributed by atoms with Gasteiger partial charge in [0.15, 0.2) is 5.75 Å². The molecule has 124 valence electrons. The largest absolute Gasteiger partial charge is 0.573 e. The Morgan fingerprint density at radius 3 is 2.48 bits per heavy atom. The van der Waals surface area contributed by atoms with Gasteiger partial charge in [0.05, 0.1) is 5.69 Å². The minimum absolute atomic E-state index is 0.0458. The number of nitrogens with zero attached hydrogens (tertiary/aromatic N) is 4. The summed E-state index contributed by atoms with van der Waals surface area (Å²) in [4.78, 5) is 13.8. The Hall–Kier alpha value is -2.78. The second-order valence-electron chi connectivity index (χ2n) is 4.78. The predicted molar refractivity (Wildman–Crippen MR) is 76.4 cm³/mol. The van der Waals surface area contributed by atoms with Crippen molar-refractivity contribution >= 4 is 17.5 Å². The second kappa shape index (κ2) is 6.15. The number of halogens is 3. The summed E-state index contributed by atoms with van der Waals surface area (Å²) in [6.07, 6.45) is -4.86. The Bertz CT molecular complexity index is 712. The zero-order valence-corrected chi connectivity index (χ0v) is 12.5. The van der Waals surface area contributed by atoms with Gasteiger partial charge in [-0.1, -0.05) is 12.1 Å². The Morgan fingerprint density at radius 1 is 1.26 bits per heavy atom. The van der Waals surface area contributed by atoms with Crippen LogP contribution >= 0.6 is 0 Å². The number of benzene rings is 1. The number of ether oxygens (including phenoxy) is 1. The van der Waals surface area contributed by atoms with Crippen LogP contribution in [0.25, 0.3) is 0 Å². The third kappa shape index (κ3) is 3.90. The quantitative estimate of drug-likeness (QED) is 0.929. The van der Waals surface area contributed by atoms with E-state index >= 15 is 0 Å². The van der Waals surface area contributed by atoms with Crippen molar-refractivity contribution in [1.29, 1.82) is 0 Å². The molecule has 1 N–H and O–H groups in total. The molecular weight excluding hydrogens is 315 g/mol. The van der Waals surface area contributed by atoms with Crippen LogP contribution in [0.15, 0.2) is 24.3 Å². The lowest BCUT2D eigenvalue weighted by Crippen LogP contribution is -2.21. The molecule has 0 radical (unpaired) electrons. The average molecular weight is 329 g/mol. The molecular formula is C13H14F3N5O2. The topological polar surface area (TPSA) is 72.3 Å². The SMILES string of the molecule is CN(C)c1nnc(C(=O)Nc2ccccc2OC(F)(F)F)n1C. The lowest BCUT2D eigenvalue weighted by atomic mass is 10.3. The molecule has 2 rings (SSSR count). The number of carbonyl (C=O) groups is 1. The Labute approximate surface area is 129 Å². The van der Waals surface area contributed by atoms with Gasteiger partial charge in [0.2, 0.25) is 11.8 Å². The van der Waals surface area contributed by atoms with Gasteiger partial charge in [0.1, 0.15) is 0 Å². The van der Waals surface area contributed by atoms with Gasteiger partial charge in [-0.05, 0) is 12.1 Å². The summed E-state index contributed by atoms with van der Waals surface area (Å²) < 4.78 is 42.4. The van der Waals surface area contributed by atoms with Gasteiger partial charge in [0.25, 0.3) is 5.91 Å². The fourth-order valence-electron chi connectivity index (χ4n) is 1.87. The molecule has 0 bridgehead atoms. The molecule has 23 heavy (non-hydrogen) atoms. The highest BCUT2D eigenvalue weighted by Gasteiger charge is 2.32. The summed E-state index contributed by atoms with van der Waals surface area (Å²) in [5.74, 6) is -0.833. The monoisotopic (exact) mass is 329 g/mol. The fraction of sp³-hybridized carbons (Fsp3) is 0.308. The van der Waals surface area contributed by atoms with Crippen LogP contribution in [0, 0.1) is 0 Å². The van der Waals surface area contributed by atoms with Crippen LogP contribution < -0.4 is 15.0 Å². The van der Waals surface area contributed by atoms with Crippen LogP contribution in [0.4, 0.5) is 24.8 Å². The summed E-state index contributed by atoms with van der Waals surface area (Å²) >= 11 is 0. The Morgan fingerprint density at radius 2 is 1.91 bits per heavy atom. The molecule has 0 saturated carbocycles. The van der Waals surface area contributed by atoms with Crippen molar-refractivity contribution in [2.24, 2.45) is 7.05 Å². The average Bonchev–Trinajstić information content (AvgIpc) is 2.81. The molecule has 1 aromatic heterocycles. The number of amides is 1. The number of anilines is 2. The molecule has 0 aliphatic heterocycles. The number of nitrogens with one attached hydrogen (secondary N) is 1. The van der Waals surface area contributed by atoms with Gasteiger partial charge >= 0.3 is 6.36 Å². The van der Waals surface area contributed by atoms with Crippen LogP contribution in [0.5, 0.6) is 5.75 Å². The first-order valence-electron chi connectivity index (χ1n) is 6.42. The lowest BCUT2D eigenvalue weighted by molar-refractivity contribution is -0.274.